The first kappa shape index (κ1) is 26.5. The number of carbonyl (C=O) groups is 2. The molecular formula is C29H35NO7. The van der Waals surface area contributed by atoms with Gasteiger partial charge in [-0.2, -0.15) is 0 Å². The number of aliphatic hydroxyl groups excluding tert-OH is 1. The lowest BCUT2D eigenvalue weighted by Crippen LogP contribution is -2.31. The van der Waals surface area contributed by atoms with E-state index in [0.29, 0.717) is 61.8 Å². The summed E-state index contributed by atoms with van der Waals surface area (Å²) in [5, 5.41) is 11.4. The fourth-order valence-corrected chi connectivity index (χ4v) is 4.86. The number of likely N-dealkylation sites (tertiary alicyclic amines) is 1. The van der Waals surface area contributed by atoms with Crippen LogP contribution in [0.5, 0.6) is 17.2 Å². The van der Waals surface area contributed by atoms with E-state index in [2.05, 4.69) is 0 Å². The number of carbonyl (C=O) groups excluding carboxylic acids is 2. The molecule has 8 nitrogen and oxygen atoms in total. The Kier molecular flexibility index (Phi) is 8.38. The van der Waals surface area contributed by atoms with Gasteiger partial charge in [0.1, 0.15) is 17.6 Å². The number of Topliss-reactive ketones (excluding diaryl/α,β-unsaturated/α-hetero) is 1. The topological polar surface area (TPSA) is 94.5 Å². The number of ketones is 1. The van der Waals surface area contributed by atoms with E-state index < -0.39 is 17.7 Å². The monoisotopic (exact) mass is 509 g/mol. The molecule has 8 heteroatoms. The van der Waals surface area contributed by atoms with Crippen LogP contribution in [0.25, 0.3) is 5.76 Å². The number of ether oxygens (including phenoxy) is 4. The van der Waals surface area contributed by atoms with Crippen molar-refractivity contribution in [2.45, 2.75) is 52.2 Å². The molecule has 4 rings (SSSR count). The van der Waals surface area contributed by atoms with Gasteiger partial charge < -0.3 is 29.0 Å². The Morgan fingerprint density at radius 3 is 2.62 bits per heavy atom. The summed E-state index contributed by atoms with van der Waals surface area (Å²) in [6.45, 7) is 7.58. The van der Waals surface area contributed by atoms with Crippen molar-refractivity contribution >= 4 is 17.4 Å². The summed E-state index contributed by atoms with van der Waals surface area (Å²) in [6.07, 6.45) is 2.15. The molecule has 2 aliphatic rings. The number of amides is 1. The van der Waals surface area contributed by atoms with Crippen molar-refractivity contribution < 1.29 is 33.6 Å². The lowest BCUT2D eigenvalue weighted by Gasteiger charge is -2.26. The first-order chi connectivity index (χ1) is 17.9. The lowest BCUT2D eigenvalue weighted by molar-refractivity contribution is -0.140. The van der Waals surface area contributed by atoms with Crippen LogP contribution in [-0.4, -0.2) is 61.3 Å². The maximum Gasteiger partial charge on any atom is 0.295 e. The van der Waals surface area contributed by atoms with Gasteiger partial charge in [-0.3, -0.25) is 9.59 Å². The minimum absolute atomic E-state index is 0.0455. The van der Waals surface area contributed by atoms with E-state index in [0.717, 1.165) is 17.7 Å². The molecule has 0 unspecified atom stereocenters. The third kappa shape index (κ3) is 5.44. The van der Waals surface area contributed by atoms with Crippen LogP contribution >= 0.6 is 0 Å². The molecule has 2 heterocycles. The number of methoxy groups -OCH3 is 1. The van der Waals surface area contributed by atoms with Crippen LogP contribution < -0.4 is 14.2 Å². The summed E-state index contributed by atoms with van der Waals surface area (Å²) in [7, 11) is 1.59. The van der Waals surface area contributed by atoms with Crippen molar-refractivity contribution in [3.05, 3.63) is 58.7 Å². The summed E-state index contributed by atoms with van der Waals surface area (Å²) in [5.41, 5.74) is 2.14. The fourth-order valence-electron chi connectivity index (χ4n) is 4.86. The predicted molar refractivity (Wildman–Crippen MR) is 139 cm³/mol. The summed E-state index contributed by atoms with van der Waals surface area (Å²) < 4.78 is 22.6. The summed E-state index contributed by atoms with van der Waals surface area (Å²) in [5.74, 6) is 0.323. The second kappa shape index (κ2) is 11.7. The molecule has 2 aliphatic heterocycles. The largest absolute Gasteiger partial charge is 0.507 e. The van der Waals surface area contributed by atoms with Crippen LogP contribution in [0.15, 0.2) is 42.0 Å². The van der Waals surface area contributed by atoms with Crippen molar-refractivity contribution in [1.82, 2.24) is 4.90 Å². The second-order valence-electron chi connectivity index (χ2n) is 9.28. The number of rotatable bonds is 11. The highest BCUT2D eigenvalue weighted by Crippen LogP contribution is 2.43. The molecule has 2 aromatic carbocycles. The van der Waals surface area contributed by atoms with Gasteiger partial charge in [0.25, 0.3) is 11.7 Å². The van der Waals surface area contributed by atoms with Gasteiger partial charge >= 0.3 is 0 Å². The smallest absolute Gasteiger partial charge is 0.295 e. The third-order valence-electron chi connectivity index (χ3n) is 6.50. The van der Waals surface area contributed by atoms with Crippen LogP contribution in [0.1, 0.15) is 56.3 Å². The van der Waals surface area contributed by atoms with E-state index in [1.54, 1.807) is 31.4 Å². The molecule has 1 saturated heterocycles. The van der Waals surface area contributed by atoms with Gasteiger partial charge in [-0.25, -0.2) is 0 Å². The zero-order valence-electron chi connectivity index (χ0n) is 21.9. The molecule has 0 aliphatic carbocycles. The SMILES string of the molecule is CCCOc1ccc([C@H]2C(=C(O)c3ccc4c(c3)C[C@H](C)O4)C(=O)C(=O)N2CCCOC)cc1OCC. The number of hydrogen-bond acceptors (Lipinski definition) is 7. The standard InChI is InChI=1S/C29H35NO7/c1-5-13-36-23-11-8-19(17-24(23)35-6-2)26-25(28(32)29(33)30(26)12-7-14-34-4)27(31)20-9-10-22-21(16-20)15-18(3)37-22/h8-11,16-18,26,31H,5-7,12-15H2,1-4H3/t18-,26-/m0/s1. The fraction of sp³-hybridized carbons (Fsp3) is 0.448. The number of benzene rings is 2. The maximum absolute atomic E-state index is 13.3. The van der Waals surface area contributed by atoms with Crippen LogP contribution in [-0.2, 0) is 20.7 Å². The number of fused-ring (bicyclic) bond motifs is 1. The molecule has 0 bridgehead atoms. The van der Waals surface area contributed by atoms with Crippen molar-refractivity contribution in [3.63, 3.8) is 0 Å². The Bertz CT molecular complexity index is 1190. The lowest BCUT2D eigenvalue weighted by atomic mass is 9.94. The van der Waals surface area contributed by atoms with Crippen LogP contribution in [0.4, 0.5) is 0 Å². The molecule has 0 saturated carbocycles. The highest BCUT2D eigenvalue weighted by Gasteiger charge is 2.46. The van der Waals surface area contributed by atoms with Crippen molar-refractivity contribution in [2.75, 3.05) is 33.5 Å². The Morgan fingerprint density at radius 2 is 1.89 bits per heavy atom. The van der Waals surface area contributed by atoms with Gasteiger partial charge in [-0.1, -0.05) is 13.0 Å². The minimum Gasteiger partial charge on any atom is -0.507 e. The van der Waals surface area contributed by atoms with Gasteiger partial charge in [0, 0.05) is 32.2 Å². The number of aliphatic hydroxyl groups is 1. The summed E-state index contributed by atoms with van der Waals surface area (Å²) >= 11 is 0. The van der Waals surface area contributed by atoms with Crippen LogP contribution in [0.2, 0.25) is 0 Å². The average molecular weight is 510 g/mol. The molecule has 2 aromatic rings. The van der Waals surface area contributed by atoms with E-state index in [4.69, 9.17) is 18.9 Å². The van der Waals surface area contributed by atoms with Crippen molar-refractivity contribution in [1.29, 1.82) is 0 Å². The molecule has 0 radical (unpaired) electrons. The molecule has 198 valence electrons. The van der Waals surface area contributed by atoms with E-state index in [1.807, 2.05) is 32.9 Å². The molecule has 1 N–H and O–H groups in total. The van der Waals surface area contributed by atoms with Crippen LogP contribution in [0.3, 0.4) is 0 Å². The zero-order chi connectivity index (χ0) is 26.5. The Morgan fingerprint density at radius 1 is 1.08 bits per heavy atom. The number of hydrogen-bond donors (Lipinski definition) is 1. The first-order valence-electron chi connectivity index (χ1n) is 12.9. The Balaban J connectivity index is 1.81. The van der Waals surface area contributed by atoms with Crippen LogP contribution in [0, 0.1) is 0 Å². The summed E-state index contributed by atoms with van der Waals surface area (Å²) in [6, 6.07) is 9.97. The molecular weight excluding hydrogens is 474 g/mol. The normalized spacial score (nSPS) is 20.2. The third-order valence-corrected chi connectivity index (χ3v) is 6.50. The Hall–Kier alpha value is -3.52. The van der Waals surface area contributed by atoms with E-state index in [-0.39, 0.29) is 17.4 Å². The Labute approximate surface area is 217 Å². The number of nitrogens with zero attached hydrogens (tertiary/aromatic N) is 1. The first-order valence-corrected chi connectivity index (χ1v) is 12.9. The average Bonchev–Trinajstić information content (AvgIpc) is 3.38. The van der Waals surface area contributed by atoms with Crippen molar-refractivity contribution in [2.24, 2.45) is 0 Å². The van der Waals surface area contributed by atoms with Gasteiger partial charge in [0.2, 0.25) is 0 Å². The molecule has 0 aromatic heterocycles. The van der Waals surface area contributed by atoms with E-state index in [9.17, 15) is 14.7 Å². The molecule has 1 amide bonds. The molecule has 37 heavy (non-hydrogen) atoms. The van der Waals surface area contributed by atoms with Crippen molar-refractivity contribution in [3.8, 4) is 17.2 Å². The second-order valence-corrected chi connectivity index (χ2v) is 9.28. The highest BCUT2D eigenvalue weighted by molar-refractivity contribution is 6.46. The zero-order valence-corrected chi connectivity index (χ0v) is 21.9. The van der Waals surface area contributed by atoms with E-state index >= 15 is 0 Å². The van der Waals surface area contributed by atoms with Gasteiger partial charge in [0.15, 0.2) is 11.5 Å². The van der Waals surface area contributed by atoms with Gasteiger partial charge in [0.05, 0.1) is 24.8 Å². The van der Waals surface area contributed by atoms with Gasteiger partial charge in [-0.15, -0.1) is 0 Å². The molecule has 1 fully saturated rings. The van der Waals surface area contributed by atoms with Gasteiger partial charge in [-0.05, 0) is 68.1 Å². The quantitative estimate of drug-likeness (QED) is 0.204. The molecule has 0 spiro atoms. The summed E-state index contributed by atoms with van der Waals surface area (Å²) in [4.78, 5) is 28.0. The highest BCUT2D eigenvalue weighted by atomic mass is 16.5. The predicted octanol–water partition coefficient (Wildman–Crippen LogP) is 4.66. The maximum atomic E-state index is 13.3. The minimum atomic E-state index is -0.778. The van der Waals surface area contributed by atoms with E-state index in [1.165, 1.54) is 4.90 Å². The molecule has 2 atom stereocenters.